The minimum atomic E-state index is -0.372. The van der Waals surface area contributed by atoms with Crippen molar-refractivity contribution in [3.63, 3.8) is 0 Å². The average Bonchev–Trinajstić information content (AvgIpc) is 2.89. The monoisotopic (exact) mass is 295 g/mol. The van der Waals surface area contributed by atoms with Crippen LogP contribution in [0.5, 0.6) is 0 Å². The molecule has 1 saturated heterocycles. The van der Waals surface area contributed by atoms with E-state index in [4.69, 9.17) is 17.3 Å². The molecule has 1 aromatic carbocycles. The van der Waals surface area contributed by atoms with Crippen molar-refractivity contribution >= 4 is 17.5 Å². The number of nitrogens with one attached hydrogen (secondary N) is 1. The highest BCUT2D eigenvalue weighted by atomic mass is 35.5. The van der Waals surface area contributed by atoms with Gasteiger partial charge in [-0.1, -0.05) is 11.6 Å². The second kappa shape index (κ2) is 5.38. The summed E-state index contributed by atoms with van der Waals surface area (Å²) < 4.78 is 13.0. The zero-order chi connectivity index (χ0) is 14.1. The van der Waals surface area contributed by atoms with Crippen LogP contribution < -0.4 is 10.6 Å². The lowest BCUT2D eigenvalue weighted by Gasteiger charge is -2.28. The van der Waals surface area contributed by atoms with Gasteiger partial charge in [-0.3, -0.25) is 5.10 Å². The van der Waals surface area contributed by atoms with Gasteiger partial charge in [0.2, 0.25) is 5.95 Å². The molecule has 7 heteroatoms. The predicted octanol–water partition coefficient (Wildman–Crippen LogP) is 2.19. The van der Waals surface area contributed by atoms with E-state index in [1.807, 2.05) is 0 Å². The quantitative estimate of drug-likeness (QED) is 0.891. The van der Waals surface area contributed by atoms with E-state index in [-0.39, 0.29) is 11.9 Å². The normalized spacial score (nSPS) is 16.6. The molecule has 0 saturated carbocycles. The Morgan fingerprint density at radius 2 is 2.10 bits per heavy atom. The number of hydrogen-bond donors (Lipinski definition) is 2. The third-order valence-corrected chi connectivity index (χ3v) is 3.80. The first-order valence-corrected chi connectivity index (χ1v) is 6.89. The first-order valence-electron chi connectivity index (χ1n) is 6.52. The third-order valence-electron chi connectivity index (χ3n) is 3.48. The summed E-state index contributed by atoms with van der Waals surface area (Å²) in [5, 5.41) is 7.36. The number of rotatable bonds is 2. The van der Waals surface area contributed by atoms with Crippen LogP contribution in [-0.2, 0) is 0 Å². The van der Waals surface area contributed by atoms with E-state index < -0.39 is 0 Å². The highest BCUT2D eigenvalue weighted by Gasteiger charge is 2.20. The van der Waals surface area contributed by atoms with E-state index in [0.29, 0.717) is 22.4 Å². The number of anilines is 1. The number of halogens is 2. The van der Waals surface area contributed by atoms with Gasteiger partial charge in [-0.05, 0) is 31.0 Å². The van der Waals surface area contributed by atoms with Gasteiger partial charge in [-0.15, -0.1) is 5.10 Å². The first kappa shape index (κ1) is 13.3. The maximum absolute atomic E-state index is 13.0. The molecule has 106 valence electrons. The van der Waals surface area contributed by atoms with Crippen molar-refractivity contribution in [1.82, 2.24) is 15.2 Å². The fourth-order valence-corrected chi connectivity index (χ4v) is 2.55. The van der Waals surface area contributed by atoms with Crippen LogP contribution in [-0.4, -0.2) is 34.3 Å². The second-order valence-electron chi connectivity index (χ2n) is 4.93. The lowest BCUT2D eigenvalue weighted by molar-refractivity contribution is 0.496. The molecule has 1 aliphatic heterocycles. The van der Waals surface area contributed by atoms with E-state index in [9.17, 15) is 4.39 Å². The zero-order valence-corrected chi connectivity index (χ0v) is 11.6. The molecule has 1 fully saturated rings. The average molecular weight is 296 g/mol. The molecule has 2 aromatic rings. The number of piperidine rings is 1. The van der Waals surface area contributed by atoms with Gasteiger partial charge in [-0.25, -0.2) is 4.39 Å². The Morgan fingerprint density at radius 1 is 1.35 bits per heavy atom. The maximum Gasteiger partial charge on any atom is 0.245 e. The number of aromatic amines is 1. The number of benzene rings is 1. The predicted molar refractivity (Wildman–Crippen MR) is 76.2 cm³/mol. The zero-order valence-electron chi connectivity index (χ0n) is 10.8. The topological polar surface area (TPSA) is 70.8 Å². The number of aromatic nitrogens is 3. The van der Waals surface area contributed by atoms with Crippen molar-refractivity contribution in [1.29, 1.82) is 0 Å². The van der Waals surface area contributed by atoms with Gasteiger partial charge in [0.05, 0.1) is 5.02 Å². The van der Waals surface area contributed by atoms with Crippen molar-refractivity contribution in [2.75, 3.05) is 18.0 Å². The smallest absolute Gasteiger partial charge is 0.245 e. The fourth-order valence-electron chi connectivity index (χ4n) is 2.30. The summed E-state index contributed by atoms with van der Waals surface area (Å²) in [6.45, 7) is 1.69. The van der Waals surface area contributed by atoms with Crippen LogP contribution >= 0.6 is 11.6 Å². The van der Waals surface area contributed by atoms with Gasteiger partial charge in [0.25, 0.3) is 0 Å². The lowest BCUT2D eigenvalue weighted by atomic mass is 10.1. The highest BCUT2D eigenvalue weighted by Crippen LogP contribution is 2.27. The van der Waals surface area contributed by atoms with Gasteiger partial charge in [0.1, 0.15) is 5.82 Å². The molecule has 0 spiro atoms. The maximum atomic E-state index is 13.0. The van der Waals surface area contributed by atoms with E-state index in [2.05, 4.69) is 20.1 Å². The van der Waals surface area contributed by atoms with Crippen LogP contribution in [0.3, 0.4) is 0 Å². The van der Waals surface area contributed by atoms with Gasteiger partial charge in [0, 0.05) is 24.7 Å². The van der Waals surface area contributed by atoms with Crippen LogP contribution in [0.4, 0.5) is 10.3 Å². The summed E-state index contributed by atoms with van der Waals surface area (Å²) in [6.07, 6.45) is 1.86. The second-order valence-corrected chi connectivity index (χ2v) is 5.34. The molecular weight excluding hydrogens is 281 g/mol. The largest absolute Gasteiger partial charge is 0.339 e. The molecule has 1 aromatic heterocycles. The number of nitrogens with zero attached hydrogens (tertiary/aromatic N) is 3. The molecule has 0 unspecified atom stereocenters. The Labute approximate surface area is 120 Å². The molecule has 3 rings (SSSR count). The SMILES string of the molecule is NC1CCN(c2n[nH]c(-c3ccc(F)cc3Cl)n2)CC1. The van der Waals surface area contributed by atoms with E-state index >= 15 is 0 Å². The van der Waals surface area contributed by atoms with E-state index in [1.165, 1.54) is 12.1 Å². The minimum Gasteiger partial charge on any atom is -0.339 e. The Hall–Kier alpha value is -1.66. The minimum absolute atomic E-state index is 0.260. The molecule has 20 heavy (non-hydrogen) atoms. The molecule has 0 amide bonds. The van der Waals surface area contributed by atoms with Gasteiger partial charge >= 0.3 is 0 Å². The number of nitrogens with two attached hydrogens (primary N) is 1. The molecule has 0 radical (unpaired) electrons. The van der Waals surface area contributed by atoms with Crippen LogP contribution in [0.15, 0.2) is 18.2 Å². The first-order chi connectivity index (χ1) is 9.63. The van der Waals surface area contributed by atoms with Crippen molar-refractivity contribution < 1.29 is 4.39 Å². The summed E-state index contributed by atoms with van der Waals surface area (Å²) >= 11 is 6.02. The summed E-state index contributed by atoms with van der Waals surface area (Å²) in [6, 6.07) is 4.47. The van der Waals surface area contributed by atoms with Crippen molar-refractivity contribution in [2.24, 2.45) is 5.73 Å². The Morgan fingerprint density at radius 3 is 2.80 bits per heavy atom. The van der Waals surface area contributed by atoms with Crippen LogP contribution in [0.25, 0.3) is 11.4 Å². The summed E-state index contributed by atoms with van der Waals surface area (Å²) in [7, 11) is 0. The van der Waals surface area contributed by atoms with Gasteiger partial charge < -0.3 is 10.6 Å². The number of H-pyrrole nitrogens is 1. The molecule has 0 aliphatic carbocycles. The van der Waals surface area contributed by atoms with Gasteiger partial charge in [0.15, 0.2) is 5.82 Å². The lowest BCUT2D eigenvalue weighted by Crippen LogP contribution is -2.40. The van der Waals surface area contributed by atoms with E-state index in [0.717, 1.165) is 25.9 Å². The van der Waals surface area contributed by atoms with Crippen molar-refractivity contribution in [2.45, 2.75) is 18.9 Å². The highest BCUT2D eigenvalue weighted by molar-refractivity contribution is 6.33. The number of hydrogen-bond acceptors (Lipinski definition) is 4. The molecule has 0 bridgehead atoms. The summed E-state index contributed by atoms with van der Waals surface area (Å²) in [5.74, 6) is 0.802. The molecular formula is C13H15ClFN5. The summed E-state index contributed by atoms with van der Waals surface area (Å²) in [4.78, 5) is 6.52. The van der Waals surface area contributed by atoms with Crippen LogP contribution in [0.1, 0.15) is 12.8 Å². The fraction of sp³-hybridized carbons (Fsp3) is 0.385. The van der Waals surface area contributed by atoms with E-state index in [1.54, 1.807) is 6.07 Å². The van der Waals surface area contributed by atoms with Crippen LogP contribution in [0.2, 0.25) is 5.02 Å². The molecule has 0 atom stereocenters. The third kappa shape index (κ3) is 2.62. The molecule has 3 N–H and O–H groups in total. The summed E-state index contributed by atoms with van der Waals surface area (Å²) in [5.41, 5.74) is 6.52. The molecule has 1 aliphatic rings. The standard InChI is InChI=1S/C13H15ClFN5/c14-11-7-8(15)1-2-10(11)12-17-13(19-18-12)20-5-3-9(16)4-6-20/h1-2,7,9H,3-6,16H2,(H,17,18,19). The Bertz CT molecular complexity index is 607. The van der Waals surface area contributed by atoms with Crippen molar-refractivity contribution in [3.05, 3.63) is 29.0 Å². The molecule has 2 heterocycles. The van der Waals surface area contributed by atoms with Crippen molar-refractivity contribution in [3.8, 4) is 11.4 Å². The van der Waals surface area contributed by atoms with Crippen LogP contribution in [0, 0.1) is 5.82 Å². The Kier molecular flexibility index (Phi) is 3.58. The Balaban J connectivity index is 1.83. The molecule has 5 nitrogen and oxygen atoms in total. The van der Waals surface area contributed by atoms with Gasteiger partial charge in [-0.2, -0.15) is 4.98 Å².